The van der Waals surface area contributed by atoms with Gasteiger partial charge in [-0.1, -0.05) is 39.0 Å². The summed E-state index contributed by atoms with van der Waals surface area (Å²) in [6.07, 6.45) is 1.83. The molecule has 0 radical (unpaired) electrons. The average molecular weight is 444 g/mol. The zero-order valence-electron chi connectivity index (χ0n) is 19.0. The van der Waals surface area contributed by atoms with Crippen LogP contribution in [-0.4, -0.2) is 45.4 Å². The predicted octanol–water partition coefficient (Wildman–Crippen LogP) is 3.92. The van der Waals surface area contributed by atoms with Crippen molar-refractivity contribution in [2.24, 2.45) is 0 Å². The number of carbonyl (C=O) groups excluding carboxylic acids is 1. The number of nitrogens with one attached hydrogen (secondary N) is 2. The third kappa shape index (κ3) is 5.86. The number of aryl methyl sites for hydroxylation is 1. The Bertz CT molecular complexity index is 1050. The molecule has 1 amide bonds. The highest BCUT2D eigenvalue weighted by molar-refractivity contribution is 7.92. The monoisotopic (exact) mass is 443 g/mol. The molecular formula is C24H33N3O3S. The Labute approximate surface area is 186 Å². The molecule has 1 saturated heterocycles. The van der Waals surface area contributed by atoms with E-state index in [4.69, 9.17) is 0 Å². The first kappa shape index (κ1) is 23.3. The minimum Gasteiger partial charge on any atom is -0.349 e. The molecule has 1 fully saturated rings. The summed E-state index contributed by atoms with van der Waals surface area (Å²) in [4.78, 5) is 15.2. The van der Waals surface area contributed by atoms with Crippen LogP contribution in [0.3, 0.4) is 0 Å². The van der Waals surface area contributed by atoms with Crippen LogP contribution in [0.25, 0.3) is 0 Å². The van der Waals surface area contributed by atoms with Crippen molar-refractivity contribution in [3.05, 3.63) is 59.2 Å². The molecule has 3 rings (SSSR count). The molecule has 1 heterocycles. The lowest BCUT2D eigenvalue weighted by atomic mass is 9.87. The minimum atomic E-state index is -3.79. The highest BCUT2D eigenvalue weighted by atomic mass is 32.2. The summed E-state index contributed by atoms with van der Waals surface area (Å²) in [6, 6.07) is 12.3. The summed E-state index contributed by atoms with van der Waals surface area (Å²) in [5.74, 6) is -0.179. The maximum absolute atomic E-state index is 13.1. The molecule has 7 heteroatoms. The summed E-state index contributed by atoms with van der Waals surface area (Å²) in [7, 11) is -1.71. The maximum atomic E-state index is 13.1. The normalized spacial score (nSPS) is 16.2. The quantitative estimate of drug-likeness (QED) is 0.734. The lowest BCUT2D eigenvalue weighted by Gasteiger charge is -2.29. The number of sulfonamides is 1. The van der Waals surface area contributed by atoms with E-state index in [0.29, 0.717) is 16.8 Å². The number of hydrogen-bond donors (Lipinski definition) is 2. The van der Waals surface area contributed by atoms with E-state index in [-0.39, 0.29) is 22.3 Å². The van der Waals surface area contributed by atoms with Gasteiger partial charge >= 0.3 is 0 Å². The maximum Gasteiger partial charge on any atom is 0.262 e. The Balaban J connectivity index is 1.78. The van der Waals surface area contributed by atoms with Gasteiger partial charge in [-0.2, -0.15) is 0 Å². The van der Waals surface area contributed by atoms with Gasteiger partial charge in [0.1, 0.15) is 0 Å². The van der Waals surface area contributed by atoms with Gasteiger partial charge in [0.15, 0.2) is 0 Å². The number of piperidine rings is 1. The Kier molecular flexibility index (Phi) is 6.76. The molecule has 0 bridgehead atoms. The first-order valence-corrected chi connectivity index (χ1v) is 12.2. The predicted molar refractivity (Wildman–Crippen MR) is 125 cm³/mol. The molecule has 2 aromatic rings. The van der Waals surface area contributed by atoms with Crippen LogP contribution in [0.2, 0.25) is 0 Å². The Morgan fingerprint density at radius 1 is 1.06 bits per heavy atom. The highest BCUT2D eigenvalue weighted by Gasteiger charge is 2.23. The molecule has 0 aromatic heterocycles. The van der Waals surface area contributed by atoms with Crippen molar-refractivity contribution in [1.82, 2.24) is 10.2 Å². The number of anilines is 1. The molecule has 0 atom stereocenters. The second-order valence-electron chi connectivity index (χ2n) is 9.47. The van der Waals surface area contributed by atoms with Crippen molar-refractivity contribution in [3.8, 4) is 0 Å². The van der Waals surface area contributed by atoms with Gasteiger partial charge in [-0.3, -0.25) is 9.52 Å². The fourth-order valence-electron chi connectivity index (χ4n) is 3.71. The van der Waals surface area contributed by atoms with Crippen LogP contribution in [0.4, 0.5) is 5.69 Å². The molecule has 6 nitrogen and oxygen atoms in total. The van der Waals surface area contributed by atoms with Gasteiger partial charge in [0.25, 0.3) is 15.9 Å². The van der Waals surface area contributed by atoms with Crippen LogP contribution < -0.4 is 10.0 Å². The zero-order valence-corrected chi connectivity index (χ0v) is 19.8. The second kappa shape index (κ2) is 9.01. The molecule has 0 spiro atoms. The summed E-state index contributed by atoms with van der Waals surface area (Å²) in [6.45, 7) is 9.85. The number of carbonyl (C=O) groups is 1. The summed E-state index contributed by atoms with van der Waals surface area (Å²) < 4.78 is 28.9. The standard InChI is InChI=1S/C24H33N3O3S/c1-17-9-10-19(24(2,3)4)16-22(17)31(29,30)26-21-8-6-7-18(15-21)23(28)25-20-11-13-27(5)14-12-20/h6-10,15-16,20,26H,11-14H2,1-5H3,(H,25,28). The topological polar surface area (TPSA) is 78.5 Å². The molecule has 1 aliphatic heterocycles. The van der Waals surface area contributed by atoms with Gasteiger partial charge in [-0.15, -0.1) is 0 Å². The van der Waals surface area contributed by atoms with Gasteiger partial charge < -0.3 is 10.2 Å². The molecule has 1 aliphatic rings. The van der Waals surface area contributed by atoms with E-state index in [2.05, 4.69) is 22.0 Å². The summed E-state index contributed by atoms with van der Waals surface area (Å²) in [5, 5.41) is 3.07. The molecular weight excluding hydrogens is 410 g/mol. The molecule has 0 saturated carbocycles. The van der Waals surface area contributed by atoms with E-state index >= 15 is 0 Å². The van der Waals surface area contributed by atoms with Gasteiger partial charge in [-0.05, 0) is 80.7 Å². The van der Waals surface area contributed by atoms with Crippen LogP contribution in [0, 0.1) is 6.92 Å². The van der Waals surface area contributed by atoms with E-state index in [1.54, 1.807) is 37.3 Å². The van der Waals surface area contributed by atoms with Crippen molar-refractivity contribution in [2.75, 3.05) is 24.9 Å². The van der Waals surface area contributed by atoms with Crippen molar-refractivity contribution in [2.45, 2.75) is 56.9 Å². The van der Waals surface area contributed by atoms with Crippen LogP contribution in [0.1, 0.15) is 55.1 Å². The number of nitrogens with zero attached hydrogens (tertiary/aromatic N) is 1. The average Bonchev–Trinajstić information content (AvgIpc) is 2.69. The third-order valence-electron chi connectivity index (χ3n) is 5.77. The minimum absolute atomic E-state index is 0.145. The first-order chi connectivity index (χ1) is 14.5. The van der Waals surface area contributed by atoms with E-state index in [0.717, 1.165) is 31.5 Å². The first-order valence-electron chi connectivity index (χ1n) is 10.7. The number of rotatable bonds is 5. The lowest BCUT2D eigenvalue weighted by molar-refractivity contribution is 0.0917. The fraction of sp³-hybridized carbons (Fsp3) is 0.458. The second-order valence-corrected chi connectivity index (χ2v) is 11.1. The van der Waals surface area contributed by atoms with Crippen molar-refractivity contribution < 1.29 is 13.2 Å². The Morgan fingerprint density at radius 2 is 1.74 bits per heavy atom. The third-order valence-corrected chi connectivity index (χ3v) is 7.30. The molecule has 0 unspecified atom stereocenters. The molecule has 168 valence electrons. The lowest BCUT2D eigenvalue weighted by Crippen LogP contribution is -2.43. The van der Waals surface area contributed by atoms with Crippen LogP contribution in [0.15, 0.2) is 47.4 Å². The van der Waals surface area contributed by atoms with Crippen molar-refractivity contribution in [1.29, 1.82) is 0 Å². The summed E-state index contributed by atoms with van der Waals surface area (Å²) >= 11 is 0. The van der Waals surface area contributed by atoms with Crippen molar-refractivity contribution >= 4 is 21.6 Å². The van der Waals surface area contributed by atoms with Gasteiger partial charge in [-0.25, -0.2) is 8.42 Å². The number of hydrogen-bond acceptors (Lipinski definition) is 4. The number of benzene rings is 2. The van der Waals surface area contributed by atoms with E-state index in [9.17, 15) is 13.2 Å². The fourth-order valence-corrected chi connectivity index (χ4v) is 5.03. The van der Waals surface area contributed by atoms with E-state index in [1.807, 2.05) is 32.9 Å². The van der Waals surface area contributed by atoms with Crippen LogP contribution >= 0.6 is 0 Å². The van der Waals surface area contributed by atoms with Gasteiger partial charge in [0.2, 0.25) is 0 Å². The van der Waals surface area contributed by atoms with E-state index in [1.165, 1.54) is 0 Å². The molecule has 0 aliphatic carbocycles. The Morgan fingerprint density at radius 3 is 2.39 bits per heavy atom. The largest absolute Gasteiger partial charge is 0.349 e. The molecule has 31 heavy (non-hydrogen) atoms. The van der Waals surface area contributed by atoms with Crippen LogP contribution in [-0.2, 0) is 15.4 Å². The number of amides is 1. The van der Waals surface area contributed by atoms with Crippen molar-refractivity contribution in [3.63, 3.8) is 0 Å². The SMILES string of the molecule is Cc1ccc(C(C)(C)C)cc1S(=O)(=O)Nc1cccc(C(=O)NC2CCN(C)CC2)c1. The summed E-state index contributed by atoms with van der Waals surface area (Å²) in [5.41, 5.74) is 2.28. The van der Waals surface area contributed by atoms with Gasteiger partial charge in [0.05, 0.1) is 4.90 Å². The van der Waals surface area contributed by atoms with Crippen LogP contribution in [0.5, 0.6) is 0 Å². The van der Waals surface area contributed by atoms with E-state index < -0.39 is 10.0 Å². The van der Waals surface area contributed by atoms with Gasteiger partial charge in [0, 0.05) is 17.3 Å². The number of likely N-dealkylation sites (tertiary alicyclic amines) is 1. The molecule has 2 aromatic carbocycles. The smallest absolute Gasteiger partial charge is 0.262 e. The highest BCUT2D eigenvalue weighted by Crippen LogP contribution is 2.28. The Hall–Kier alpha value is -2.38. The zero-order chi connectivity index (χ0) is 22.8. The molecule has 2 N–H and O–H groups in total.